The van der Waals surface area contributed by atoms with E-state index in [4.69, 9.17) is 29.5 Å². The molecule has 5 aromatic rings. The molecule has 1 saturated heterocycles. The Morgan fingerprint density at radius 3 is 2.31 bits per heavy atom. The Hall–Kier alpha value is -4.64. The van der Waals surface area contributed by atoms with Gasteiger partial charge in [-0.25, -0.2) is 9.78 Å². The van der Waals surface area contributed by atoms with Crippen molar-refractivity contribution in [2.75, 3.05) is 37.8 Å². The van der Waals surface area contributed by atoms with Crippen molar-refractivity contribution < 1.29 is 14.3 Å². The van der Waals surface area contributed by atoms with E-state index in [2.05, 4.69) is 23.7 Å². The topological polar surface area (TPSA) is 113 Å². The van der Waals surface area contributed by atoms with Crippen LogP contribution >= 0.6 is 0 Å². The molecule has 1 fully saturated rings. The van der Waals surface area contributed by atoms with Crippen molar-refractivity contribution in [2.24, 2.45) is 0 Å². The number of aryl methyl sites for hydroxylation is 1. The van der Waals surface area contributed by atoms with Gasteiger partial charge in [-0.15, -0.1) is 0 Å². The van der Waals surface area contributed by atoms with Gasteiger partial charge in [0, 0.05) is 43.2 Å². The van der Waals surface area contributed by atoms with Crippen LogP contribution in [0.3, 0.4) is 0 Å². The molecule has 42 heavy (non-hydrogen) atoms. The Bertz CT molecular complexity index is 1630. The maximum absolute atomic E-state index is 13.1. The van der Waals surface area contributed by atoms with Gasteiger partial charge in [-0.3, -0.25) is 4.98 Å². The molecule has 0 bridgehead atoms. The van der Waals surface area contributed by atoms with Gasteiger partial charge in [0.1, 0.15) is 5.82 Å². The molecule has 0 atom stereocenters. The van der Waals surface area contributed by atoms with E-state index in [-0.39, 0.29) is 18.2 Å². The quantitative estimate of drug-likeness (QED) is 0.245. The molecular weight excluding hydrogens is 532 g/mol. The lowest BCUT2D eigenvalue weighted by atomic mass is 10.1. The number of aromatic nitrogens is 7. The van der Waals surface area contributed by atoms with Gasteiger partial charge in [-0.05, 0) is 32.0 Å². The van der Waals surface area contributed by atoms with Crippen LogP contribution in [0.25, 0.3) is 39.8 Å². The van der Waals surface area contributed by atoms with Crippen LogP contribution in [-0.4, -0.2) is 73.2 Å². The Morgan fingerprint density at radius 1 is 0.929 bits per heavy atom. The van der Waals surface area contributed by atoms with Crippen molar-refractivity contribution >= 4 is 23.0 Å². The zero-order valence-electron chi connectivity index (χ0n) is 24.5. The lowest BCUT2D eigenvalue weighted by molar-refractivity contribution is 0.0515. The second-order valence-electron chi connectivity index (χ2n) is 9.65. The van der Waals surface area contributed by atoms with Gasteiger partial charge in [-0.2, -0.15) is 19.7 Å². The minimum absolute atomic E-state index is 0.238. The van der Waals surface area contributed by atoms with Crippen LogP contribution in [0.4, 0.5) is 5.82 Å². The van der Waals surface area contributed by atoms with Crippen molar-refractivity contribution in [3.8, 4) is 28.6 Å². The first-order chi connectivity index (χ1) is 20.6. The van der Waals surface area contributed by atoms with Crippen molar-refractivity contribution in [1.82, 2.24) is 34.3 Å². The number of fused-ring (bicyclic) bond motifs is 1. The minimum Gasteiger partial charge on any atom is -0.461 e. The highest BCUT2D eigenvalue weighted by molar-refractivity contribution is 5.91. The van der Waals surface area contributed by atoms with Gasteiger partial charge in [0.05, 0.1) is 25.5 Å². The highest BCUT2D eigenvalue weighted by Gasteiger charge is 2.26. The number of carbonyl (C=O) groups excluding carboxylic acids is 1. The van der Waals surface area contributed by atoms with E-state index in [0.717, 1.165) is 17.0 Å². The molecule has 0 amide bonds. The summed E-state index contributed by atoms with van der Waals surface area (Å²) < 4.78 is 14.5. The predicted molar refractivity (Wildman–Crippen MR) is 162 cm³/mol. The molecule has 6 rings (SSSR count). The number of benzene rings is 1. The number of morpholine rings is 1. The number of ether oxygens (including phenoxy) is 2. The van der Waals surface area contributed by atoms with Gasteiger partial charge in [0.15, 0.2) is 22.7 Å². The third kappa shape index (κ3) is 5.87. The summed E-state index contributed by atoms with van der Waals surface area (Å²) in [5.41, 5.74) is 4.01. The van der Waals surface area contributed by atoms with E-state index in [1.807, 2.05) is 54.0 Å². The highest BCUT2D eigenvalue weighted by Crippen LogP contribution is 2.31. The second-order valence-corrected chi connectivity index (χ2v) is 9.65. The predicted octanol–water partition coefficient (Wildman–Crippen LogP) is 5.19. The normalized spacial score (nSPS) is 13.1. The van der Waals surface area contributed by atoms with E-state index >= 15 is 0 Å². The Kier molecular flexibility index (Phi) is 9.18. The van der Waals surface area contributed by atoms with E-state index in [9.17, 15) is 4.79 Å². The van der Waals surface area contributed by atoms with Crippen LogP contribution in [0.15, 0.2) is 60.9 Å². The number of imidazole rings is 1. The summed E-state index contributed by atoms with van der Waals surface area (Å²) in [5.74, 6) is 1.22. The summed E-state index contributed by atoms with van der Waals surface area (Å²) in [5, 5.41) is 4.78. The Labute approximate surface area is 245 Å². The fraction of sp³-hybridized carbons (Fsp3) is 0.355. The van der Waals surface area contributed by atoms with Crippen molar-refractivity contribution in [3.05, 3.63) is 66.6 Å². The second kappa shape index (κ2) is 13.3. The molecule has 0 N–H and O–H groups in total. The molecule has 218 valence electrons. The van der Waals surface area contributed by atoms with Crippen LogP contribution in [0, 0.1) is 0 Å². The zero-order valence-corrected chi connectivity index (χ0v) is 24.5. The zero-order chi connectivity index (χ0) is 29.5. The molecule has 0 saturated carbocycles. The van der Waals surface area contributed by atoms with E-state index < -0.39 is 5.97 Å². The Balaban J connectivity index is 0.00000113. The molecular formula is C31H36N8O3. The van der Waals surface area contributed by atoms with Gasteiger partial charge in [0.2, 0.25) is 0 Å². The molecule has 5 heterocycles. The third-order valence-electron chi connectivity index (χ3n) is 6.58. The Morgan fingerprint density at radius 2 is 1.64 bits per heavy atom. The monoisotopic (exact) mass is 568 g/mol. The average Bonchev–Trinajstić information content (AvgIpc) is 3.65. The first-order valence-corrected chi connectivity index (χ1v) is 14.4. The number of esters is 1. The van der Waals surface area contributed by atoms with Crippen molar-refractivity contribution in [1.29, 1.82) is 0 Å². The number of nitrogens with zero attached hydrogens (tertiary/aromatic N) is 8. The van der Waals surface area contributed by atoms with Gasteiger partial charge < -0.3 is 18.9 Å². The molecule has 1 aliphatic rings. The lowest BCUT2D eigenvalue weighted by Gasteiger charge is -2.28. The van der Waals surface area contributed by atoms with Crippen LogP contribution in [-0.2, 0) is 16.0 Å². The van der Waals surface area contributed by atoms with Crippen LogP contribution in [0.1, 0.15) is 44.6 Å². The number of carbonyl (C=O) groups is 1. The molecule has 1 aliphatic heterocycles. The maximum atomic E-state index is 13.1. The summed E-state index contributed by atoms with van der Waals surface area (Å²) >= 11 is 0. The molecule has 11 heteroatoms. The largest absolute Gasteiger partial charge is 0.461 e. The smallest absolute Gasteiger partial charge is 0.357 e. The summed E-state index contributed by atoms with van der Waals surface area (Å²) in [4.78, 5) is 34.3. The SMILES string of the molecule is CCC.CCOC(=O)c1cc(-c2ccccc2)nn1-c1nc(N2CCOCC2)c2nc(-c3ccncc3)n(CC)c2n1. The lowest BCUT2D eigenvalue weighted by Crippen LogP contribution is -2.37. The summed E-state index contributed by atoms with van der Waals surface area (Å²) in [6.07, 6.45) is 4.74. The summed E-state index contributed by atoms with van der Waals surface area (Å²) in [7, 11) is 0. The average molecular weight is 569 g/mol. The van der Waals surface area contributed by atoms with Gasteiger partial charge in [0.25, 0.3) is 5.95 Å². The molecule has 4 aromatic heterocycles. The van der Waals surface area contributed by atoms with Crippen molar-refractivity contribution in [2.45, 2.75) is 40.7 Å². The van der Waals surface area contributed by atoms with Gasteiger partial charge >= 0.3 is 5.97 Å². The van der Waals surface area contributed by atoms with Crippen LogP contribution < -0.4 is 4.90 Å². The number of pyridine rings is 1. The molecule has 0 radical (unpaired) electrons. The molecule has 0 spiro atoms. The first-order valence-electron chi connectivity index (χ1n) is 14.4. The fourth-order valence-electron chi connectivity index (χ4n) is 4.72. The number of hydrogen-bond acceptors (Lipinski definition) is 9. The van der Waals surface area contributed by atoms with E-state index in [0.29, 0.717) is 55.5 Å². The molecule has 11 nitrogen and oxygen atoms in total. The number of anilines is 1. The first kappa shape index (κ1) is 28.9. The number of hydrogen-bond donors (Lipinski definition) is 0. The molecule has 0 aliphatic carbocycles. The fourth-order valence-corrected chi connectivity index (χ4v) is 4.72. The molecule has 1 aromatic carbocycles. The summed E-state index contributed by atoms with van der Waals surface area (Å²) in [6, 6.07) is 15.2. The van der Waals surface area contributed by atoms with E-state index in [1.54, 1.807) is 25.4 Å². The van der Waals surface area contributed by atoms with Crippen LogP contribution in [0.2, 0.25) is 0 Å². The third-order valence-corrected chi connectivity index (χ3v) is 6.58. The molecule has 0 unspecified atom stereocenters. The van der Waals surface area contributed by atoms with Crippen molar-refractivity contribution in [3.63, 3.8) is 0 Å². The summed E-state index contributed by atoms with van der Waals surface area (Å²) in [6.45, 7) is 11.4. The number of rotatable bonds is 7. The van der Waals surface area contributed by atoms with E-state index in [1.165, 1.54) is 11.1 Å². The highest BCUT2D eigenvalue weighted by atomic mass is 16.5. The van der Waals surface area contributed by atoms with Crippen LogP contribution in [0.5, 0.6) is 0 Å². The van der Waals surface area contributed by atoms with Gasteiger partial charge in [-0.1, -0.05) is 50.6 Å². The standard InChI is InChI=1S/C28H28N8O3.C3H8/c1-3-35-24(20-10-12-29-13-11-20)30-23-25(34-14-16-38-17-15-34)31-28(32-26(23)35)36-22(27(37)39-4-2)18-21(33-36)19-8-6-5-7-9-19;1-3-2/h5-13,18H,3-4,14-17H2,1-2H3;3H2,1-2H3. The maximum Gasteiger partial charge on any atom is 0.357 e. The minimum atomic E-state index is -0.495.